The number of benzene rings is 4. The van der Waals surface area contributed by atoms with E-state index in [1.54, 1.807) is 0 Å². The highest BCUT2D eigenvalue weighted by atomic mass is 16.5. The van der Waals surface area contributed by atoms with Gasteiger partial charge in [0.2, 0.25) is 0 Å². The molecule has 1 aliphatic heterocycles. The summed E-state index contributed by atoms with van der Waals surface area (Å²) in [6, 6.07) is 36.0. The first-order valence-electron chi connectivity index (χ1n) is 13.4. The number of aromatic nitrogens is 1. The van der Waals surface area contributed by atoms with Crippen LogP contribution in [0.4, 0.5) is 0 Å². The predicted octanol–water partition coefficient (Wildman–Crippen LogP) is 8.34. The number of para-hydroxylation sites is 2. The number of rotatable bonds is 3. The maximum Gasteiger partial charge on any atom is 0.265 e. The highest BCUT2D eigenvalue weighted by Crippen LogP contribution is 2.43. The molecule has 0 unspecified atom stereocenters. The van der Waals surface area contributed by atoms with Gasteiger partial charge in [0.25, 0.3) is 5.70 Å². The normalized spacial score (nSPS) is 16.9. The van der Waals surface area contributed by atoms with Crippen LogP contribution in [0.3, 0.4) is 0 Å². The Morgan fingerprint density at radius 2 is 1.40 bits per heavy atom. The van der Waals surface area contributed by atoms with Gasteiger partial charge in [0.1, 0.15) is 11.4 Å². The molecule has 0 fully saturated rings. The molecule has 0 bridgehead atoms. The summed E-state index contributed by atoms with van der Waals surface area (Å²) in [6.45, 7) is 7.52. The molecule has 4 aromatic carbocycles. The van der Waals surface area contributed by atoms with Crippen molar-refractivity contribution < 1.29 is 4.74 Å². The molecule has 5 aromatic rings. The summed E-state index contributed by atoms with van der Waals surface area (Å²) in [4.78, 5) is 3.51. The van der Waals surface area contributed by atoms with Gasteiger partial charge in [-0.15, -0.1) is 0 Å². The van der Waals surface area contributed by atoms with Crippen LogP contribution in [0.1, 0.15) is 23.1 Å². The fraction of sp³-hybridized carbons (Fsp3) is 0.111. The van der Waals surface area contributed by atoms with Gasteiger partial charge in [0.15, 0.2) is 0 Å². The Labute approximate surface area is 233 Å². The first kappa shape index (κ1) is 23.8. The summed E-state index contributed by atoms with van der Waals surface area (Å²) >= 11 is 0. The van der Waals surface area contributed by atoms with Crippen molar-refractivity contribution >= 4 is 27.9 Å². The maximum absolute atomic E-state index is 9.60. The Bertz CT molecular complexity index is 1880. The van der Waals surface area contributed by atoms with Crippen LogP contribution in [-0.2, 0) is 17.6 Å². The van der Waals surface area contributed by atoms with E-state index in [1.165, 1.54) is 32.9 Å². The van der Waals surface area contributed by atoms with Crippen LogP contribution in [0.5, 0.6) is 0 Å². The second-order valence-electron chi connectivity index (χ2n) is 10.5. The smallest absolute Gasteiger partial charge is 0.265 e. The maximum atomic E-state index is 9.60. The molecule has 0 saturated heterocycles. The second-order valence-corrected chi connectivity index (χ2v) is 10.5. The topological polar surface area (TPSA) is 42.3 Å². The molecule has 0 atom stereocenters. The van der Waals surface area contributed by atoms with Gasteiger partial charge in [-0.3, -0.25) is 0 Å². The van der Waals surface area contributed by atoms with Crippen molar-refractivity contribution in [3.8, 4) is 11.8 Å². The lowest BCUT2D eigenvalue weighted by Crippen LogP contribution is -2.36. The molecule has 190 valence electrons. The van der Waals surface area contributed by atoms with Crippen molar-refractivity contribution in [1.82, 2.24) is 4.57 Å². The third-order valence-electron chi connectivity index (χ3n) is 8.00. The fourth-order valence-corrected chi connectivity index (χ4v) is 6.26. The number of ether oxygens (including phenoxy) is 1. The van der Waals surface area contributed by atoms with Gasteiger partial charge in [-0.1, -0.05) is 78.9 Å². The minimum absolute atomic E-state index is 0.139. The molecular formula is C36H25N3O. The second kappa shape index (κ2) is 9.45. The fourth-order valence-electron chi connectivity index (χ4n) is 6.26. The number of hydrogen-bond acceptors (Lipinski definition) is 2. The molecule has 4 nitrogen and oxygen atoms in total. The van der Waals surface area contributed by atoms with Gasteiger partial charge in [0, 0.05) is 35.7 Å². The van der Waals surface area contributed by atoms with Crippen LogP contribution in [0.2, 0.25) is 0 Å². The first-order chi connectivity index (χ1) is 19.7. The number of hydrogen-bond donors (Lipinski definition) is 0. The summed E-state index contributed by atoms with van der Waals surface area (Å²) < 4.78 is 8.91. The lowest BCUT2D eigenvalue weighted by molar-refractivity contribution is 0.0108. The minimum Gasteiger partial charge on any atom is -0.486 e. The number of nitrogens with zero attached hydrogens (tertiary/aromatic N) is 3. The van der Waals surface area contributed by atoms with E-state index in [1.807, 2.05) is 18.2 Å². The molecule has 1 aromatic heterocycles. The van der Waals surface area contributed by atoms with Gasteiger partial charge >= 0.3 is 0 Å². The predicted molar refractivity (Wildman–Crippen MR) is 159 cm³/mol. The first-order valence-corrected chi connectivity index (χ1v) is 13.4. The number of fused-ring (bicyclic) bond motifs is 4. The van der Waals surface area contributed by atoms with Crippen LogP contribution in [0.25, 0.3) is 38.4 Å². The molecule has 4 heteroatoms. The van der Waals surface area contributed by atoms with Crippen LogP contribution in [0.15, 0.2) is 126 Å². The zero-order chi connectivity index (χ0) is 27.1. The van der Waals surface area contributed by atoms with Gasteiger partial charge in [0.05, 0.1) is 23.7 Å². The molecule has 1 spiro atoms. The summed E-state index contributed by atoms with van der Waals surface area (Å²) in [5, 5.41) is 12.1. The average molecular weight is 516 g/mol. The Balaban J connectivity index is 1.21. The molecule has 0 N–H and O–H groups in total. The Hall–Kier alpha value is -5.32. The van der Waals surface area contributed by atoms with Gasteiger partial charge < -0.3 is 9.30 Å². The van der Waals surface area contributed by atoms with Gasteiger partial charge in [-0.05, 0) is 58.7 Å². The third kappa shape index (κ3) is 3.99. The zero-order valence-corrected chi connectivity index (χ0v) is 21.8. The highest BCUT2D eigenvalue weighted by Gasteiger charge is 2.42. The van der Waals surface area contributed by atoms with E-state index in [9.17, 15) is 5.26 Å². The van der Waals surface area contributed by atoms with Crippen LogP contribution < -0.4 is 0 Å². The highest BCUT2D eigenvalue weighted by molar-refractivity contribution is 6.09. The Kier molecular flexibility index (Phi) is 5.62. The van der Waals surface area contributed by atoms with E-state index in [4.69, 9.17) is 11.3 Å². The van der Waals surface area contributed by atoms with E-state index in [0.717, 1.165) is 29.7 Å². The summed E-state index contributed by atoms with van der Waals surface area (Å²) in [5.74, 6) is 0.678. The molecule has 2 aliphatic rings. The standard InChI is InChI=1S/C36H25N3O/c1-38-33(24-37)28-20-30(40-36(23-28)21-26-8-2-3-9-27(26)22-36)19-16-25-14-17-29(18-15-25)39-34-12-6-4-10-31(34)32-11-5-7-13-35(32)39/h2-20H,21-23H2/b19-16+,33-28+. The van der Waals surface area contributed by atoms with Crippen LogP contribution >= 0.6 is 0 Å². The van der Waals surface area contributed by atoms with Crippen molar-refractivity contribution in [3.63, 3.8) is 0 Å². The molecule has 7 rings (SSSR count). The van der Waals surface area contributed by atoms with E-state index in [-0.39, 0.29) is 5.70 Å². The minimum atomic E-state index is -0.472. The van der Waals surface area contributed by atoms with E-state index in [0.29, 0.717) is 12.2 Å². The monoisotopic (exact) mass is 515 g/mol. The van der Waals surface area contributed by atoms with Crippen molar-refractivity contribution in [2.75, 3.05) is 0 Å². The van der Waals surface area contributed by atoms with Crippen molar-refractivity contribution in [2.24, 2.45) is 0 Å². The lowest BCUT2D eigenvalue weighted by atomic mass is 9.87. The summed E-state index contributed by atoms with van der Waals surface area (Å²) in [5.41, 5.74) is 7.47. The van der Waals surface area contributed by atoms with Gasteiger partial charge in [-0.25, -0.2) is 10.1 Å². The molecule has 0 radical (unpaired) electrons. The third-order valence-corrected chi connectivity index (χ3v) is 8.00. The SMILES string of the molecule is [C-]#[N+]/C(C#N)=C1C=C(/C=C/c2ccc(-n3c4ccccc4c4ccccc43)cc2)OC2(C\1)Cc1ccccc1C2. The summed E-state index contributed by atoms with van der Waals surface area (Å²) in [7, 11) is 0. The van der Waals surface area contributed by atoms with Crippen molar-refractivity contribution in [2.45, 2.75) is 24.9 Å². The van der Waals surface area contributed by atoms with E-state index < -0.39 is 5.60 Å². The van der Waals surface area contributed by atoms with Crippen LogP contribution in [-0.4, -0.2) is 10.2 Å². The zero-order valence-electron chi connectivity index (χ0n) is 21.8. The molecular weight excluding hydrogens is 490 g/mol. The average Bonchev–Trinajstić information content (AvgIpc) is 3.52. The Morgan fingerprint density at radius 3 is 2.00 bits per heavy atom. The molecule has 0 amide bonds. The van der Waals surface area contributed by atoms with E-state index in [2.05, 4.69) is 113 Å². The number of allylic oxidation sites excluding steroid dienone is 3. The van der Waals surface area contributed by atoms with Crippen molar-refractivity contribution in [1.29, 1.82) is 5.26 Å². The lowest BCUT2D eigenvalue weighted by Gasteiger charge is -2.35. The molecule has 2 heterocycles. The van der Waals surface area contributed by atoms with Crippen molar-refractivity contribution in [3.05, 3.63) is 154 Å². The quantitative estimate of drug-likeness (QED) is 0.179. The largest absolute Gasteiger partial charge is 0.486 e. The van der Waals surface area contributed by atoms with E-state index >= 15 is 0 Å². The Morgan fingerprint density at radius 1 is 0.800 bits per heavy atom. The summed E-state index contributed by atoms with van der Waals surface area (Å²) in [6.07, 6.45) is 7.93. The van der Waals surface area contributed by atoms with Gasteiger partial charge in [-0.2, -0.15) is 0 Å². The molecule has 0 saturated carbocycles. The van der Waals surface area contributed by atoms with Crippen LogP contribution in [0, 0.1) is 17.9 Å². The number of nitriles is 1. The molecule has 1 aliphatic carbocycles. The molecule has 40 heavy (non-hydrogen) atoms.